The van der Waals surface area contributed by atoms with Crippen LogP contribution in [-0.2, 0) is 0 Å². The molecule has 0 rings (SSSR count). The molecule has 52 valence electrons. The zero-order chi connectivity index (χ0) is 7.33. The maximum atomic E-state index is 8.37. The van der Waals surface area contributed by atoms with Crippen LogP contribution in [0.1, 0.15) is 19.8 Å². The van der Waals surface area contributed by atoms with E-state index < -0.39 is 6.69 Å². The smallest absolute Gasteiger partial charge is 0.203 e. The molecule has 0 aromatic heterocycles. The van der Waals surface area contributed by atoms with Crippen molar-refractivity contribution in [3.63, 3.8) is 0 Å². The minimum Gasteiger partial charge on any atom is -0.203 e. The summed E-state index contributed by atoms with van der Waals surface area (Å²) in [7, 11) is 0. The van der Waals surface area contributed by atoms with E-state index in [1.54, 1.807) is 0 Å². The Morgan fingerprint density at radius 1 is 1.56 bits per heavy atom. The van der Waals surface area contributed by atoms with Gasteiger partial charge in [-0.2, -0.15) is 0 Å². The van der Waals surface area contributed by atoms with E-state index >= 15 is 0 Å². The van der Waals surface area contributed by atoms with Crippen LogP contribution in [0.5, 0.6) is 0 Å². The van der Waals surface area contributed by atoms with Crippen molar-refractivity contribution >= 4 is 28.9 Å². The summed E-state index contributed by atoms with van der Waals surface area (Å²) in [4.78, 5) is 0. The highest BCUT2D eigenvalue weighted by Gasteiger charge is 2.26. The fraction of sp³-hybridized carbons (Fsp3) is 0.800. The van der Waals surface area contributed by atoms with Gasteiger partial charge < -0.3 is 0 Å². The minimum atomic E-state index is -2.45. The van der Waals surface area contributed by atoms with Gasteiger partial charge in [0.1, 0.15) is 0 Å². The minimum absolute atomic E-state index is 0.698. The molecule has 0 aromatic carbocycles. The third kappa shape index (κ3) is 4.77. The van der Waals surface area contributed by atoms with Gasteiger partial charge in [0.2, 0.25) is 0 Å². The summed E-state index contributed by atoms with van der Waals surface area (Å²) in [5, 5.41) is 8.37. The van der Waals surface area contributed by atoms with Crippen molar-refractivity contribution in [2.45, 2.75) is 25.8 Å². The van der Waals surface area contributed by atoms with Gasteiger partial charge in [-0.1, -0.05) is 19.8 Å². The molecular weight excluding hydrogens is 173 g/mol. The van der Waals surface area contributed by atoms with E-state index in [4.69, 9.17) is 27.4 Å². The average Bonchev–Trinajstić information content (AvgIpc) is 1.84. The number of unbranched alkanes of at least 4 members (excludes halogenated alkanes) is 1. The fourth-order valence-electron chi connectivity index (χ4n) is 0.455. The van der Waals surface area contributed by atoms with E-state index in [-0.39, 0.29) is 0 Å². The molecule has 0 atom stereocenters. The Kier molecular flexibility index (Phi) is 4.29. The van der Waals surface area contributed by atoms with E-state index in [0.29, 0.717) is 6.04 Å². The largest absolute Gasteiger partial charge is 0.357 e. The molecule has 0 radical (unpaired) electrons. The molecule has 0 N–H and O–H groups in total. The van der Waals surface area contributed by atoms with Gasteiger partial charge in [0.25, 0.3) is 0 Å². The summed E-state index contributed by atoms with van der Waals surface area (Å²) in [6.07, 6.45) is 2.02. The number of hydrogen-bond donors (Lipinski definition) is 0. The third-order valence-corrected chi connectivity index (χ3v) is 3.96. The van der Waals surface area contributed by atoms with Crippen molar-refractivity contribution in [1.82, 2.24) is 0 Å². The fourth-order valence-corrected chi connectivity index (χ4v) is 2.17. The summed E-state index contributed by atoms with van der Waals surface area (Å²) < 4.78 is 0. The Morgan fingerprint density at radius 2 is 2.11 bits per heavy atom. The lowest BCUT2D eigenvalue weighted by molar-refractivity contribution is 0.878. The van der Waals surface area contributed by atoms with Crippen LogP contribution in [0.3, 0.4) is 0 Å². The molecular formula is C5H9Cl2NSi. The molecule has 0 saturated heterocycles. The second-order valence-electron chi connectivity index (χ2n) is 1.92. The van der Waals surface area contributed by atoms with Crippen LogP contribution >= 0.6 is 22.2 Å². The molecule has 0 heterocycles. The second-order valence-corrected chi connectivity index (χ2v) is 8.50. The Morgan fingerprint density at radius 3 is 2.44 bits per heavy atom. The van der Waals surface area contributed by atoms with E-state index in [9.17, 15) is 0 Å². The molecule has 9 heavy (non-hydrogen) atoms. The predicted molar refractivity (Wildman–Crippen MR) is 42.8 cm³/mol. The van der Waals surface area contributed by atoms with Crippen molar-refractivity contribution < 1.29 is 0 Å². The first kappa shape index (κ1) is 9.29. The molecule has 0 bridgehead atoms. The molecule has 0 unspecified atom stereocenters. The van der Waals surface area contributed by atoms with Crippen LogP contribution in [0.2, 0.25) is 6.04 Å². The van der Waals surface area contributed by atoms with Crippen LogP contribution in [0.4, 0.5) is 0 Å². The highest BCUT2D eigenvalue weighted by Crippen LogP contribution is 2.21. The molecule has 0 spiro atoms. The lowest BCUT2D eigenvalue weighted by atomic mass is 10.4. The van der Waals surface area contributed by atoms with Crippen molar-refractivity contribution in [3.8, 4) is 5.69 Å². The monoisotopic (exact) mass is 181 g/mol. The molecule has 0 aliphatic heterocycles. The number of nitrogens with zero attached hydrogens (tertiary/aromatic N) is 1. The summed E-state index contributed by atoms with van der Waals surface area (Å²) in [5.41, 5.74) is 1.95. The number of nitriles is 1. The molecule has 0 aliphatic carbocycles. The maximum absolute atomic E-state index is 8.37. The molecule has 0 aliphatic rings. The summed E-state index contributed by atoms with van der Waals surface area (Å²) >= 11 is 11.3. The molecule has 1 nitrogen and oxygen atoms in total. The van der Waals surface area contributed by atoms with Gasteiger partial charge in [-0.15, -0.1) is 22.2 Å². The third-order valence-electron chi connectivity index (χ3n) is 1.01. The van der Waals surface area contributed by atoms with Crippen LogP contribution in [-0.4, -0.2) is 6.69 Å². The standard InChI is InChI=1S/C5H9Cl2NSi/c1-2-3-4-9(6,7)5-8/h2-4H2,1H3. The number of halogens is 2. The van der Waals surface area contributed by atoms with Crippen molar-refractivity contribution in [2.75, 3.05) is 0 Å². The van der Waals surface area contributed by atoms with Crippen molar-refractivity contribution in [3.05, 3.63) is 0 Å². The normalized spacial score (nSPS) is 10.9. The van der Waals surface area contributed by atoms with E-state index in [2.05, 4.69) is 6.92 Å². The van der Waals surface area contributed by atoms with E-state index in [1.165, 1.54) is 0 Å². The van der Waals surface area contributed by atoms with Gasteiger partial charge in [-0.05, 0) is 6.04 Å². The quantitative estimate of drug-likeness (QED) is 0.486. The molecule has 0 fully saturated rings. The molecule has 0 saturated carbocycles. The van der Waals surface area contributed by atoms with Crippen LogP contribution in [0.25, 0.3) is 0 Å². The Hall–Kier alpha value is 0.287. The van der Waals surface area contributed by atoms with Gasteiger partial charge in [-0.3, -0.25) is 0 Å². The molecule has 4 heteroatoms. The Balaban J connectivity index is 3.49. The van der Waals surface area contributed by atoms with Crippen molar-refractivity contribution in [1.29, 1.82) is 5.26 Å². The topological polar surface area (TPSA) is 23.8 Å². The lowest BCUT2D eigenvalue weighted by Gasteiger charge is -2.03. The van der Waals surface area contributed by atoms with Crippen LogP contribution in [0, 0.1) is 11.0 Å². The first-order chi connectivity index (χ1) is 4.12. The number of rotatable bonds is 3. The van der Waals surface area contributed by atoms with Gasteiger partial charge in [-0.25, -0.2) is 5.26 Å². The zero-order valence-electron chi connectivity index (χ0n) is 5.32. The second kappa shape index (κ2) is 4.16. The first-order valence-corrected chi connectivity index (χ1v) is 7.14. The van der Waals surface area contributed by atoms with Crippen LogP contribution < -0.4 is 0 Å². The van der Waals surface area contributed by atoms with Gasteiger partial charge in [0, 0.05) is 0 Å². The maximum Gasteiger partial charge on any atom is 0.357 e. The first-order valence-electron chi connectivity index (χ1n) is 2.91. The van der Waals surface area contributed by atoms with Gasteiger partial charge >= 0.3 is 6.69 Å². The predicted octanol–water partition coefficient (Wildman–Crippen LogP) is 2.77. The lowest BCUT2D eigenvalue weighted by Crippen LogP contribution is -2.15. The van der Waals surface area contributed by atoms with Gasteiger partial charge in [0.15, 0.2) is 0 Å². The Labute approximate surface area is 66.0 Å². The summed E-state index contributed by atoms with van der Waals surface area (Å²) in [6.45, 7) is -0.397. The molecule has 0 aromatic rings. The summed E-state index contributed by atoms with van der Waals surface area (Å²) in [5.74, 6) is 0. The van der Waals surface area contributed by atoms with E-state index in [1.807, 2.05) is 5.69 Å². The highest BCUT2D eigenvalue weighted by atomic mass is 35.7. The van der Waals surface area contributed by atoms with Crippen LogP contribution in [0.15, 0.2) is 0 Å². The molecule has 0 amide bonds. The zero-order valence-corrected chi connectivity index (χ0v) is 7.84. The van der Waals surface area contributed by atoms with Gasteiger partial charge in [0.05, 0.1) is 5.69 Å². The summed E-state index contributed by atoms with van der Waals surface area (Å²) in [6, 6.07) is 0.698. The highest BCUT2D eigenvalue weighted by molar-refractivity contribution is 7.48. The number of hydrogen-bond acceptors (Lipinski definition) is 1. The average molecular weight is 182 g/mol. The van der Waals surface area contributed by atoms with E-state index in [0.717, 1.165) is 12.8 Å². The van der Waals surface area contributed by atoms with Crippen molar-refractivity contribution in [2.24, 2.45) is 0 Å². The SMILES string of the molecule is CCCC[Si](Cl)(Cl)C#N. The Bertz CT molecular complexity index is 119.